The second kappa shape index (κ2) is 6.17. The second-order valence-electron chi connectivity index (χ2n) is 3.25. The summed E-state index contributed by atoms with van der Waals surface area (Å²) in [4.78, 5) is 24.2. The zero-order chi connectivity index (χ0) is 12.0. The Hall–Kier alpha value is -1.49. The molecule has 86 valence electrons. The van der Waals surface area contributed by atoms with Gasteiger partial charge in [-0.05, 0) is 18.1 Å². The fourth-order valence-electron chi connectivity index (χ4n) is 1.11. The minimum atomic E-state index is -0.274. The molecule has 0 saturated heterocycles. The maximum absolute atomic E-state index is 11.0. The molecule has 0 unspecified atom stereocenters. The topological polar surface area (TPSA) is 76.0 Å². The van der Waals surface area contributed by atoms with Crippen LogP contribution in [0.3, 0.4) is 0 Å². The van der Waals surface area contributed by atoms with Crippen LogP contribution in [0.4, 0.5) is 5.69 Å². The summed E-state index contributed by atoms with van der Waals surface area (Å²) in [5, 5.41) is 0.127. The van der Waals surface area contributed by atoms with Crippen molar-refractivity contribution in [3.63, 3.8) is 0 Å². The summed E-state index contributed by atoms with van der Waals surface area (Å²) in [7, 11) is 0. The van der Waals surface area contributed by atoms with Crippen LogP contribution in [-0.4, -0.2) is 15.9 Å². The number of thioether (sulfide) groups is 1. The third-order valence-corrected chi connectivity index (χ3v) is 2.70. The Labute approximate surface area is 97.9 Å². The third kappa shape index (κ3) is 4.35. The van der Waals surface area contributed by atoms with Gasteiger partial charge in [-0.3, -0.25) is 9.59 Å². The zero-order valence-corrected chi connectivity index (χ0v) is 9.84. The minimum Gasteiger partial charge on any atom is -0.394 e. The van der Waals surface area contributed by atoms with E-state index >= 15 is 0 Å². The van der Waals surface area contributed by atoms with Crippen molar-refractivity contribution >= 4 is 28.6 Å². The summed E-state index contributed by atoms with van der Waals surface area (Å²) >= 11 is 1.30. The fraction of sp³-hybridized carbons (Fsp3) is 0.273. The molecule has 5 heteroatoms. The molecule has 0 spiro atoms. The molecule has 1 aromatic rings. The van der Waals surface area contributed by atoms with E-state index < -0.39 is 0 Å². The molecule has 0 saturated carbocycles. The average Bonchev–Trinajstić information content (AvgIpc) is 2.22. The van der Waals surface area contributed by atoms with E-state index in [1.54, 1.807) is 19.2 Å². The molecule has 4 nitrogen and oxygen atoms in total. The number of allylic oxidation sites excluding steroid dienone is 1. The Bertz CT molecular complexity index is 452. The molecule has 0 aliphatic rings. The quantitative estimate of drug-likeness (QED) is 0.782. The van der Waals surface area contributed by atoms with Crippen molar-refractivity contribution in [3.8, 4) is 0 Å². The number of carbonyl (C=O) groups is 1. The van der Waals surface area contributed by atoms with Gasteiger partial charge in [-0.25, -0.2) is 0 Å². The van der Waals surface area contributed by atoms with E-state index in [1.165, 1.54) is 11.8 Å². The van der Waals surface area contributed by atoms with Gasteiger partial charge in [0.05, 0.1) is 5.69 Å². The molecular formula is C11H14N2O2S. The van der Waals surface area contributed by atoms with Crippen molar-refractivity contribution in [1.82, 2.24) is 4.98 Å². The van der Waals surface area contributed by atoms with Gasteiger partial charge in [0.25, 0.3) is 5.56 Å². The van der Waals surface area contributed by atoms with Gasteiger partial charge in [0.1, 0.15) is 0 Å². The van der Waals surface area contributed by atoms with Crippen LogP contribution in [0.1, 0.15) is 18.9 Å². The Kier molecular flexibility index (Phi) is 4.85. The van der Waals surface area contributed by atoms with Crippen LogP contribution in [0.25, 0.3) is 6.08 Å². The van der Waals surface area contributed by atoms with Crippen molar-refractivity contribution in [2.75, 3.05) is 11.5 Å². The number of hydrogen-bond donors (Lipinski definition) is 2. The Balaban J connectivity index is 2.47. The number of anilines is 1. The van der Waals surface area contributed by atoms with Gasteiger partial charge < -0.3 is 10.7 Å². The number of nitrogens with two attached hydrogens (primary N) is 1. The summed E-state index contributed by atoms with van der Waals surface area (Å²) in [6.45, 7) is 1.55. The number of aromatic amines is 1. The number of carbonyl (C=O) groups excluding carboxylic acids is 1. The largest absolute Gasteiger partial charge is 0.394 e. The summed E-state index contributed by atoms with van der Waals surface area (Å²) in [6, 6.07) is 1.62. The standard InChI is InChI=1S/C11H14N2O2S/c1-8(14)16-5-3-2-4-9-6-10(12)11(15)13-7-9/h2,4,6-7H,3,5,12H2,1H3,(H,13,15). The summed E-state index contributed by atoms with van der Waals surface area (Å²) < 4.78 is 0. The second-order valence-corrected chi connectivity index (χ2v) is 4.52. The minimum absolute atomic E-state index is 0.127. The Morgan fingerprint density at radius 2 is 2.38 bits per heavy atom. The van der Waals surface area contributed by atoms with E-state index in [4.69, 9.17) is 5.73 Å². The molecule has 0 bridgehead atoms. The van der Waals surface area contributed by atoms with Crippen LogP contribution in [0, 0.1) is 0 Å². The molecular weight excluding hydrogens is 224 g/mol. The Morgan fingerprint density at radius 1 is 1.62 bits per heavy atom. The highest BCUT2D eigenvalue weighted by molar-refractivity contribution is 8.13. The normalized spacial score (nSPS) is 10.8. The first-order chi connectivity index (χ1) is 7.59. The molecule has 0 aliphatic carbocycles. The average molecular weight is 238 g/mol. The summed E-state index contributed by atoms with van der Waals surface area (Å²) in [5.41, 5.74) is 6.25. The van der Waals surface area contributed by atoms with E-state index in [9.17, 15) is 9.59 Å². The number of hydrogen-bond acceptors (Lipinski definition) is 4. The molecule has 1 rings (SSSR count). The molecule has 0 fully saturated rings. The van der Waals surface area contributed by atoms with Crippen LogP contribution in [0.2, 0.25) is 0 Å². The first-order valence-corrected chi connectivity index (χ1v) is 5.86. The maximum atomic E-state index is 11.0. The van der Waals surface area contributed by atoms with E-state index in [0.29, 0.717) is 0 Å². The van der Waals surface area contributed by atoms with E-state index in [1.807, 2.05) is 12.2 Å². The predicted octanol–water partition coefficient (Wildman–Crippen LogP) is 1.64. The summed E-state index contributed by atoms with van der Waals surface area (Å²) in [6.07, 6.45) is 6.23. The highest BCUT2D eigenvalue weighted by Crippen LogP contribution is 2.06. The number of H-pyrrole nitrogens is 1. The highest BCUT2D eigenvalue weighted by atomic mass is 32.2. The van der Waals surface area contributed by atoms with Gasteiger partial charge in [-0.1, -0.05) is 23.9 Å². The molecule has 1 aromatic heterocycles. The number of nitrogen functional groups attached to an aromatic ring is 1. The van der Waals surface area contributed by atoms with Gasteiger partial charge in [-0.15, -0.1) is 0 Å². The lowest BCUT2D eigenvalue weighted by atomic mass is 10.2. The van der Waals surface area contributed by atoms with Crippen molar-refractivity contribution in [2.45, 2.75) is 13.3 Å². The number of aromatic nitrogens is 1. The lowest BCUT2D eigenvalue weighted by Gasteiger charge is -1.95. The van der Waals surface area contributed by atoms with E-state index in [2.05, 4.69) is 4.98 Å². The first kappa shape index (κ1) is 12.6. The van der Waals surface area contributed by atoms with E-state index in [0.717, 1.165) is 17.7 Å². The van der Waals surface area contributed by atoms with Crippen molar-refractivity contribution < 1.29 is 4.79 Å². The van der Waals surface area contributed by atoms with Crippen LogP contribution < -0.4 is 11.3 Å². The SMILES string of the molecule is CC(=O)SCCC=Cc1c[nH]c(=O)c(N)c1. The predicted molar refractivity (Wildman–Crippen MR) is 68.3 cm³/mol. The van der Waals surface area contributed by atoms with Gasteiger partial charge in [-0.2, -0.15) is 0 Å². The van der Waals surface area contributed by atoms with Gasteiger partial charge >= 0.3 is 0 Å². The molecule has 3 N–H and O–H groups in total. The Morgan fingerprint density at radius 3 is 3.00 bits per heavy atom. The molecule has 0 aliphatic heterocycles. The molecule has 0 aromatic carbocycles. The van der Waals surface area contributed by atoms with Gasteiger partial charge in [0, 0.05) is 18.9 Å². The van der Waals surface area contributed by atoms with E-state index in [-0.39, 0.29) is 16.4 Å². The first-order valence-electron chi connectivity index (χ1n) is 4.87. The third-order valence-electron chi connectivity index (χ3n) is 1.85. The molecule has 0 atom stereocenters. The fourth-order valence-corrected chi connectivity index (χ4v) is 1.65. The van der Waals surface area contributed by atoms with Crippen LogP contribution in [0.5, 0.6) is 0 Å². The van der Waals surface area contributed by atoms with Crippen molar-refractivity contribution in [1.29, 1.82) is 0 Å². The molecule has 1 heterocycles. The highest BCUT2D eigenvalue weighted by Gasteiger charge is 1.94. The number of rotatable bonds is 4. The summed E-state index contributed by atoms with van der Waals surface area (Å²) in [5.74, 6) is 0.769. The number of pyridine rings is 1. The lowest BCUT2D eigenvalue weighted by Crippen LogP contribution is -2.10. The smallest absolute Gasteiger partial charge is 0.271 e. The van der Waals surface area contributed by atoms with Crippen LogP contribution >= 0.6 is 11.8 Å². The van der Waals surface area contributed by atoms with Crippen LogP contribution in [0.15, 0.2) is 23.1 Å². The zero-order valence-electron chi connectivity index (χ0n) is 9.03. The lowest BCUT2D eigenvalue weighted by molar-refractivity contribution is -0.109. The number of nitrogens with one attached hydrogen (secondary N) is 1. The molecule has 16 heavy (non-hydrogen) atoms. The maximum Gasteiger partial charge on any atom is 0.271 e. The van der Waals surface area contributed by atoms with Crippen molar-refractivity contribution in [2.24, 2.45) is 0 Å². The molecule has 0 amide bonds. The van der Waals surface area contributed by atoms with Crippen LogP contribution in [-0.2, 0) is 4.79 Å². The monoisotopic (exact) mass is 238 g/mol. The van der Waals surface area contributed by atoms with Gasteiger partial charge in [0.2, 0.25) is 0 Å². The van der Waals surface area contributed by atoms with Gasteiger partial charge in [0.15, 0.2) is 5.12 Å². The van der Waals surface area contributed by atoms with Crippen molar-refractivity contribution in [3.05, 3.63) is 34.3 Å². The molecule has 0 radical (unpaired) electrons.